The summed E-state index contributed by atoms with van der Waals surface area (Å²) in [6.07, 6.45) is 3.50. The molecule has 7 heteroatoms. The van der Waals surface area contributed by atoms with Crippen LogP contribution in [0.1, 0.15) is 49.8 Å². The highest BCUT2D eigenvalue weighted by molar-refractivity contribution is 6.08. The van der Waals surface area contributed by atoms with Crippen LogP contribution in [0.5, 0.6) is 0 Å². The van der Waals surface area contributed by atoms with Gasteiger partial charge in [-0.15, -0.1) is 0 Å². The maximum atomic E-state index is 14.2. The summed E-state index contributed by atoms with van der Waals surface area (Å²) in [7, 11) is 1.76. The molecule has 4 atom stereocenters. The van der Waals surface area contributed by atoms with Crippen LogP contribution in [0.2, 0.25) is 0 Å². The third-order valence-electron chi connectivity index (χ3n) is 8.04. The first-order chi connectivity index (χ1) is 14.8. The molecule has 2 N–H and O–H groups in total. The van der Waals surface area contributed by atoms with Gasteiger partial charge in [-0.2, -0.15) is 5.26 Å². The Morgan fingerprint density at radius 3 is 2.81 bits per heavy atom. The van der Waals surface area contributed by atoms with Crippen molar-refractivity contribution in [2.75, 3.05) is 26.9 Å². The Morgan fingerprint density at radius 1 is 1.42 bits per heavy atom. The van der Waals surface area contributed by atoms with Gasteiger partial charge in [0.25, 0.3) is 5.91 Å². The Bertz CT molecular complexity index is 1010. The molecule has 0 radical (unpaired) electrons. The van der Waals surface area contributed by atoms with Crippen LogP contribution < -0.4 is 5.73 Å². The summed E-state index contributed by atoms with van der Waals surface area (Å²) in [4.78, 5) is 20.9. The Kier molecular flexibility index (Phi) is 4.48. The minimum absolute atomic E-state index is 0.0463. The van der Waals surface area contributed by atoms with Crippen LogP contribution in [0.3, 0.4) is 0 Å². The van der Waals surface area contributed by atoms with Gasteiger partial charge >= 0.3 is 0 Å². The van der Waals surface area contributed by atoms with Crippen molar-refractivity contribution in [1.82, 2.24) is 4.90 Å². The third kappa shape index (κ3) is 2.71. The number of benzene rings is 1. The lowest BCUT2D eigenvalue weighted by Crippen LogP contribution is -2.57. The molecular weight excluding hydrogens is 392 g/mol. The van der Waals surface area contributed by atoms with Crippen molar-refractivity contribution in [2.45, 2.75) is 51.2 Å². The maximum absolute atomic E-state index is 14.2. The number of hydrogen-bond donors (Lipinski definition) is 1. The van der Waals surface area contributed by atoms with Crippen LogP contribution in [0, 0.1) is 28.1 Å². The number of carbonyl (C=O) groups excluding carboxylic acids is 1. The minimum atomic E-state index is -1.06. The highest BCUT2D eigenvalue weighted by Crippen LogP contribution is 2.63. The van der Waals surface area contributed by atoms with E-state index >= 15 is 0 Å². The summed E-state index contributed by atoms with van der Waals surface area (Å²) in [5, 5.41) is 9.54. The number of rotatable bonds is 3. The van der Waals surface area contributed by atoms with Gasteiger partial charge in [-0.25, -0.2) is 4.99 Å². The lowest BCUT2D eigenvalue weighted by Gasteiger charge is -2.48. The zero-order valence-corrected chi connectivity index (χ0v) is 18.5. The van der Waals surface area contributed by atoms with E-state index in [9.17, 15) is 10.1 Å². The molecule has 2 spiro atoms. The number of hydrogen-bond acceptors (Lipinski definition) is 6. The van der Waals surface area contributed by atoms with Crippen molar-refractivity contribution < 1.29 is 14.3 Å². The van der Waals surface area contributed by atoms with E-state index in [1.807, 2.05) is 18.2 Å². The number of aliphatic imine (C=N–C) groups is 1. The van der Waals surface area contributed by atoms with Gasteiger partial charge < -0.3 is 15.2 Å². The first kappa shape index (κ1) is 20.5. The Balaban J connectivity index is 1.63. The molecule has 4 aliphatic rings. The van der Waals surface area contributed by atoms with Crippen molar-refractivity contribution >= 4 is 11.9 Å². The second-order valence-corrected chi connectivity index (χ2v) is 10.3. The minimum Gasteiger partial charge on any atom is -0.381 e. The van der Waals surface area contributed by atoms with E-state index in [4.69, 9.17) is 20.2 Å². The van der Waals surface area contributed by atoms with Crippen LogP contribution in [0.15, 0.2) is 23.2 Å². The zero-order valence-electron chi connectivity index (χ0n) is 18.5. The number of carbonyl (C=O) groups is 1. The van der Waals surface area contributed by atoms with Gasteiger partial charge in [0.05, 0.1) is 31.0 Å². The Morgan fingerprint density at radius 2 is 2.19 bits per heavy atom. The number of nitriles is 1. The van der Waals surface area contributed by atoms with Crippen LogP contribution in [-0.4, -0.2) is 49.7 Å². The van der Waals surface area contributed by atoms with Crippen molar-refractivity contribution in [1.29, 1.82) is 5.26 Å². The fourth-order valence-electron chi connectivity index (χ4n) is 6.48. The first-order valence-electron chi connectivity index (χ1n) is 11.1. The molecule has 2 aliphatic heterocycles. The molecule has 0 aromatic heterocycles. The van der Waals surface area contributed by atoms with Crippen molar-refractivity contribution in [3.63, 3.8) is 0 Å². The number of methoxy groups -OCH3 is 1. The fourth-order valence-corrected chi connectivity index (χ4v) is 6.48. The molecule has 1 aromatic carbocycles. The SMILES string of the molecule is COC1CCC2(Cc3ccc(C#N)cc3C23N=C(N)N(CC2(C)COC2)C3=O)CC1C. The van der Waals surface area contributed by atoms with Gasteiger partial charge in [0, 0.05) is 24.5 Å². The topological polar surface area (TPSA) is 101 Å². The molecule has 1 amide bonds. The molecule has 2 heterocycles. The monoisotopic (exact) mass is 422 g/mol. The molecule has 31 heavy (non-hydrogen) atoms. The van der Waals surface area contributed by atoms with Gasteiger partial charge in [-0.3, -0.25) is 9.69 Å². The molecule has 164 valence electrons. The summed E-state index contributed by atoms with van der Waals surface area (Å²) in [6.45, 7) is 6.04. The lowest BCUT2D eigenvalue weighted by molar-refractivity contribution is -0.147. The molecule has 1 aromatic rings. The van der Waals surface area contributed by atoms with Gasteiger partial charge in [-0.05, 0) is 54.9 Å². The molecular formula is C24H30N4O3. The summed E-state index contributed by atoms with van der Waals surface area (Å²) in [5.41, 5.74) is 7.43. The van der Waals surface area contributed by atoms with E-state index in [-0.39, 0.29) is 28.8 Å². The number of guanidine groups is 1. The molecule has 5 rings (SSSR count). The van der Waals surface area contributed by atoms with Crippen LogP contribution in [0.4, 0.5) is 0 Å². The van der Waals surface area contributed by atoms with Crippen molar-refractivity contribution in [3.8, 4) is 6.07 Å². The number of fused-ring (bicyclic) bond motifs is 3. The number of amides is 1. The molecule has 2 aliphatic carbocycles. The van der Waals surface area contributed by atoms with E-state index < -0.39 is 5.54 Å². The van der Waals surface area contributed by atoms with Gasteiger partial charge in [0.2, 0.25) is 0 Å². The van der Waals surface area contributed by atoms with Crippen molar-refractivity contribution in [2.24, 2.45) is 27.5 Å². The summed E-state index contributed by atoms with van der Waals surface area (Å²) >= 11 is 0. The van der Waals surface area contributed by atoms with Gasteiger partial charge in [0.15, 0.2) is 11.5 Å². The van der Waals surface area contributed by atoms with E-state index in [2.05, 4.69) is 19.9 Å². The highest BCUT2D eigenvalue weighted by Gasteiger charge is 2.67. The Hall–Kier alpha value is -2.43. The van der Waals surface area contributed by atoms with Gasteiger partial charge in [0.1, 0.15) is 0 Å². The first-order valence-corrected chi connectivity index (χ1v) is 11.1. The highest BCUT2D eigenvalue weighted by atomic mass is 16.5. The largest absolute Gasteiger partial charge is 0.381 e. The zero-order chi connectivity index (χ0) is 22.0. The standard InChI is InChI=1S/C24H30N4O3/c1-15-9-23(7-6-19(15)30-3)10-17-5-4-16(11-25)8-18(17)24(23)20(29)28(21(26)27-24)12-22(2)13-31-14-22/h4-5,8,15,19H,6-7,9-10,12-14H2,1-3H3,(H2,26,27). The van der Waals surface area contributed by atoms with Crippen molar-refractivity contribution in [3.05, 3.63) is 34.9 Å². The average molecular weight is 423 g/mol. The van der Waals surface area contributed by atoms with E-state index in [0.717, 1.165) is 36.8 Å². The smallest absolute Gasteiger partial charge is 0.262 e. The van der Waals surface area contributed by atoms with Crippen LogP contribution in [-0.2, 0) is 26.2 Å². The summed E-state index contributed by atoms with van der Waals surface area (Å²) in [5.74, 6) is 0.542. The number of nitrogens with two attached hydrogens (primary N) is 1. The molecule has 0 bridgehead atoms. The predicted molar refractivity (Wildman–Crippen MR) is 115 cm³/mol. The molecule has 4 unspecified atom stereocenters. The molecule has 7 nitrogen and oxygen atoms in total. The average Bonchev–Trinajstić information content (AvgIpc) is 3.13. The molecule has 2 fully saturated rings. The second-order valence-electron chi connectivity index (χ2n) is 10.3. The van der Waals surface area contributed by atoms with E-state index in [1.54, 1.807) is 12.0 Å². The van der Waals surface area contributed by atoms with E-state index in [1.165, 1.54) is 0 Å². The summed E-state index contributed by atoms with van der Waals surface area (Å²) in [6, 6.07) is 7.94. The van der Waals surface area contributed by atoms with Gasteiger partial charge in [-0.1, -0.05) is 19.9 Å². The Labute approximate surface area is 183 Å². The predicted octanol–water partition coefficient (Wildman–Crippen LogP) is 2.32. The summed E-state index contributed by atoms with van der Waals surface area (Å²) < 4.78 is 11.1. The van der Waals surface area contributed by atoms with E-state index in [0.29, 0.717) is 31.2 Å². The lowest BCUT2D eigenvalue weighted by atomic mass is 9.59. The number of nitrogens with zero attached hydrogens (tertiary/aromatic N) is 3. The molecule has 1 saturated carbocycles. The molecule has 1 saturated heterocycles. The number of ether oxygens (including phenoxy) is 2. The quantitative estimate of drug-likeness (QED) is 0.806. The second kappa shape index (κ2) is 6.78. The fraction of sp³-hybridized carbons (Fsp3) is 0.625. The van der Waals surface area contributed by atoms with Crippen LogP contribution in [0.25, 0.3) is 0 Å². The third-order valence-corrected chi connectivity index (χ3v) is 8.04. The van der Waals surface area contributed by atoms with Crippen LogP contribution >= 0.6 is 0 Å². The maximum Gasteiger partial charge on any atom is 0.262 e. The normalized spacial score (nSPS) is 35.7.